The van der Waals surface area contributed by atoms with Crippen molar-refractivity contribution in [2.24, 2.45) is 23.2 Å². The third-order valence-electron chi connectivity index (χ3n) is 7.20. The molecule has 0 saturated heterocycles. The fraction of sp³-hybridized carbons (Fsp3) is 0.682. The minimum Gasteiger partial charge on any atom is -0.383 e. The van der Waals surface area contributed by atoms with Crippen LogP contribution >= 0.6 is 11.8 Å². The highest BCUT2D eigenvalue weighted by Crippen LogP contribution is 2.61. The first-order chi connectivity index (χ1) is 13.7. The van der Waals surface area contributed by atoms with E-state index < -0.39 is 0 Å². The van der Waals surface area contributed by atoms with Crippen molar-refractivity contribution in [3.63, 3.8) is 0 Å². The Kier molecular flexibility index (Phi) is 5.18. The first kappa shape index (κ1) is 18.6. The van der Waals surface area contributed by atoms with Gasteiger partial charge in [-0.2, -0.15) is 0 Å². The Labute approximate surface area is 171 Å². The molecule has 4 bridgehead atoms. The van der Waals surface area contributed by atoms with E-state index in [9.17, 15) is 0 Å². The zero-order valence-corrected chi connectivity index (χ0v) is 17.5. The zero-order chi connectivity index (χ0) is 19.0. The van der Waals surface area contributed by atoms with Crippen molar-refractivity contribution >= 4 is 11.8 Å². The molecule has 4 saturated carbocycles. The summed E-state index contributed by atoms with van der Waals surface area (Å²) in [4.78, 5) is 4.12. The average Bonchev–Trinajstić information content (AvgIpc) is 3.08. The summed E-state index contributed by atoms with van der Waals surface area (Å²) < 4.78 is 7.54. The molecule has 0 spiro atoms. The third-order valence-corrected chi connectivity index (χ3v) is 8.17. The second-order valence-corrected chi connectivity index (χ2v) is 10.3. The first-order valence-corrected chi connectivity index (χ1v) is 11.7. The summed E-state index contributed by atoms with van der Waals surface area (Å²) >= 11 is 1.88. The molecule has 4 fully saturated rings. The maximum atomic E-state index is 5.33. The molecular weight excluding hydrogens is 368 g/mol. The number of methoxy groups -OCH3 is 1. The van der Waals surface area contributed by atoms with Crippen LogP contribution in [0.15, 0.2) is 29.7 Å². The Bertz CT molecular complexity index is 771. The van der Waals surface area contributed by atoms with Gasteiger partial charge in [0.15, 0.2) is 11.0 Å². The lowest BCUT2D eigenvalue weighted by molar-refractivity contribution is -0.0538. The summed E-state index contributed by atoms with van der Waals surface area (Å²) in [7, 11) is 1.75. The highest BCUT2D eigenvalue weighted by molar-refractivity contribution is 7.99. The van der Waals surface area contributed by atoms with E-state index >= 15 is 0 Å². The first-order valence-electron chi connectivity index (χ1n) is 10.7. The van der Waals surface area contributed by atoms with Gasteiger partial charge in [0.05, 0.1) is 13.2 Å². The minimum absolute atomic E-state index is 0.632. The standard InChI is InChI=1S/C22H30N4OS/c1-27-8-7-26-20(19-2-5-23-6-3-19)24-25-21(26)28-9-4-22-13-16-10-17(14-22)12-18(11-16)15-22/h2-3,5-6,16-18H,4,7-15H2,1H3. The average molecular weight is 399 g/mol. The fourth-order valence-electron chi connectivity index (χ4n) is 6.45. The molecule has 2 aromatic rings. The molecule has 150 valence electrons. The van der Waals surface area contributed by atoms with E-state index in [0.29, 0.717) is 12.0 Å². The van der Waals surface area contributed by atoms with Gasteiger partial charge in [-0.25, -0.2) is 0 Å². The van der Waals surface area contributed by atoms with E-state index in [2.05, 4.69) is 19.7 Å². The monoisotopic (exact) mass is 398 g/mol. The van der Waals surface area contributed by atoms with Crippen LogP contribution in [0.5, 0.6) is 0 Å². The van der Waals surface area contributed by atoms with E-state index in [4.69, 9.17) is 4.74 Å². The Morgan fingerprint density at radius 1 is 1.07 bits per heavy atom. The molecule has 0 atom stereocenters. The van der Waals surface area contributed by atoms with Crippen molar-refractivity contribution in [1.29, 1.82) is 0 Å². The van der Waals surface area contributed by atoms with Gasteiger partial charge in [0.1, 0.15) is 0 Å². The van der Waals surface area contributed by atoms with Crippen LogP contribution in [0.3, 0.4) is 0 Å². The molecule has 0 aromatic carbocycles. The van der Waals surface area contributed by atoms with Crippen LogP contribution in [0.25, 0.3) is 11.4 Å². The number of thioether (sulfide) groups is 1. The third kappa shape index (κ3) is 3.61. The molecule has 6 heteroatoms. The zero-order valence-electron chi connectivity index (χ0n) is 16.7. The predicted octanol–water partition coefficient (Wildman–Crippen LogP) is 4.69. The van der Waals surface area contributed by atoms with Gasteiger partial charge in [0.2, 0.25) is 0 Å². The van der Waals surface area contributed by atoms with Crippen LogP contribution in [0.2, 0.25) is 0 Å². The van der Waals surface area contributed by atoms with Crippen molar-refractivity contribution in [2.75, 3.05) is 19.5 Å². The van der Waals surface area contributed by atoms with Crippen molar-refractivity contribution in [3.05, 3.63) is 24.5 Å². The molecule has 0 unspecified atom stereocenters. The highest BCUT2D eigenvalue weighted by atomic mass is 32.2. The largest absolute Gasteiger partial charge is 0.383 e. The van der Waals surface area contributed by atoms with Gasteiger partial charge in [0.25, 0.3) is 0 Å². The molecule has 4 aliphatic carbocycles. The number of nitrogens with zero attached hydrogens (tertiary/aromatic N) is 4. The summed E-state index contributed by atoms with van der Waals surface area (Å²) in [5.41, 5.74) is 1.69. The molecule has 0 aliphatic heterocycles. The second-order valence-electron chi connectivity index (χ2n) is 9.20. The van der Waals surface area contributed by atoms with Crippen molar-refractivity contribution < 1.29 is 4.74 Å². The van der Waals surface area contributed by atoms with E-state index in [1.54, 1.807) is 7.11 Å². The number of pyridine rings is 1. The van der Waals surface area contributed by atoms with Gasteiger partial charge in [-0.1, -0.05) is 11.8 Å². The smallest absolute Gasteiger partial charge is 0.191 e. The Morgan fingerprint density at radius 3 is 2.39 bits per heavy atom. The number of aromatic nitrogens is 4. The van der Waals surface area contributed by atoms with Gasteiger partial charge in [-0.3, -0.25) is 9.55 Å². The van der Waals surface area contributed by atoms with Gasteiger partial charge in [0, 0.05) is 30.8 Å². The SMILES string of the molecule is COCCn1c(SCCC23CC4CC(CC(C4)C2)C3)nnc1-c1ccncc1. The second kappa shape index (κ2) is 7.79. The molecule has 2 aromatic heterocycles. The van der Waals surface area contributed by atoms with Crippen LogP contribution in [0, 0.1) is 23.2 Å². The normalized spacial score (nSPS) is 30.8. The highest BCUT2D eigenvalue weighted by Gasteiger charge is 2.50. The summed E-state index contributed by atoms with van der Waals surface area (Å²) in [6, 6.07) is 3.99. The molecule has 4 aliphatic rings. The quantitative estimate of drug-likeness (QED) is 0.604. The van der Waals surface area contributed by atoms with Crippen LogP contribution < -0.4 is 0 Å². The fourth-order valence-corrected chi connectivity index (χ4v) is 7.60. The molecular formula is C22H30N4OS. The van der Waals surface area contributed by atoms with Gasteiger partial charge in [-0.05, 0) is 80.2 Å². The molecule has 6 rings (SSSR count). The number of rotatable bonds is 8. The Balaban J connectivity index is 1.28. The number of hydrogen-bond donors (Lipinski definition) is 0. The van der Waals surface area contributed by atoms with Crippen LogP contribution in [-0.2, 0) is 11.3 Å². The lowest BCUT2D eigenvalue weighted by atomic mass is 9.49. The van der Waals surface area contributed by atoms with Crippen LogP contribution in [-0.4, -0.2) is 39.2 Å². The summed E-state index contributed by atoms with van der Waals surface area (Å²) in [6.07, 6.45) is 14.0. The molecule has 0 amide bonds. The molecule has 5 nitrogen and oxygen atoms in total. The van der Waals surface area contributed by atoms with Crippen molar-refractivity contribution in [1.82, 2.24) is 19.7 Å². The lowest BCUT2D eigenvalue weighted by Gasteiger charge is -2.57. The van der Waals surface area contributed by atoms with E-state index in [1.807, 2.05) is 36.3 Å². The molecule has 28 heavy (non-hydrogen) atoms. The maximum Gasteiger partial charge on any atom is 0.191 e. The topological polar surface area (TPSA) is 52.8 Å². The van der Waals surface area contributed by atoms with E-state index in [0.717, 1.165) is 46.6 Å². The van der Waals surface area contributed by atoms with Gasteiger partial charge >= 0.3 is 0 Å². The van der Waals surface area contributed by atoms with E-state index in [-0.39, 0.29) is 0 Å². The number of hydrogen-bond acceptors (Lipinski definition) is 5. The van der Waals surface area contributed by atoms with E-state index in [1.165, 1.54) is 44.9 Å². The predicted molar refractivity (Wildman–Crippen MR) is 111 cm³/mol. The van der Waals surface area contributed by atoms with Gasteiger partial charge in [-0.15, -0.1) is 10.2 Å². The Morgan fingerprint density at radius 2 is 1.75 bits per heavy atom. The van der Waals surface area contributed by atoms with Gasteiger partial charge < -0.3 is 4.74 Å². The lowest BCUT2D eigenvalue weighted by Crippen LogP contribution is -2.46. The molecule has 0 N–H and O–H groups in total. The van der Waals surface area contributed by atoms with Crippen molar-refractivity contribution in [3.8, 4) is 11.4 Å². The maximum absolute atomic E-state index is 5.33. The number of ether oxygens (including phenoxy) is 1. The Hall–Kier alpha value is -1.40. The van der Waals surface area contributed by atoms with Crippen LogP contribution in [0.1, 0.15) is 44.9 Å². The van der Waals surface area contributed by atoms with Crippen LogP contribution in [0.4, 0.5) is 0 Å². The summed E-state index contributed by atoms with van der Waals surface area (Å²) in [5, 5.41) is 10.0. The summed E-state index contributed by atoms with van der Waals surface area (Å²) in [5.74, 6) is 5.14. The molecule has 2 heterocycles. The molecule has 0 radical (unpaired) electrons. The van der Waals surface area contributed by atoms with Crippen molar-refractivity contribution in [2.45, 2.75) is 56.6 Å². The minimum atomic E-state index is 0.632. The summed E-state index contributed by atoms with van der Waals surface area (Å²) in [6.45, 7) is 1.44.